The number of rotatable bonds is 5. The molecule has 0 fully saturated rings. The van der Waals surface area contributed by atoms with Gasteiger partial charge in [-0.3, -0.25) is 0 Å². The molecule has 0 aromatic carbocycles. The molecule has 2 aliphatic rings. The molecular formula is C16H24Cl2SiZr. The van der Waals surface area contributed by atoms with E-state index >= 15 is 0 Å². The zero-order valence-corrected chi connectivity index (χ0v) is 17.6. The van der Waals surface area contributed by atoms with Gasteiger partial charge in [0.05, 0.1) is 0 Å². The van der Waals surface area contributed by atoms with Crippen LogP contribution < -0.4 is 24.8 Å². The number of unbranched alkanes of at least 4 members (excludes halogenated alkanes) is 1. The number of hydrogen-bond donors (Lipinski definition) is 0. The summed E-state index contributed by atoms with van der Waals surface area (Å²) < 4.78 is 3.74. The number of halogens is 2. The first kappa shape index (κ1) is 20.6. The van der Waals surface area contributed by atoms with Crippen LogP contribution in [0.4, 0.5) is 0 Å². The second-order valence-corrected chi connectivity index (χ2v) is 22.8. The first-order chi connectivity index (χ1) is 8.72. The molecule has 0 nitrogen and oxygen atoms in total. The molecule has 0 atom stereocenters. The Morgan fingerprint density at radius 2 is 1.90 bits per heavy atom. The SMILES string of the molecule is CCCCC1=CC[C]([Zr+2]([C]2=CC=CC2)=[Si](C)C)=C1.[Cl-].[Cl-]. The van der Waals surface area contributed by atoms with Crippen molar-refractivity contribution in [3.8, 4) is 0 Å². The molecule has 0 aromatic heterocycles. The maximum absolute atomic E-state index is 2.60. The summed E-state index contributed by atoms with van der Waals surface area (Å²) in [5, 5.41) is 0. The molecule has 0 heterocycles. The molecule has 110 valence electrons. The first-order valence-electron chi connectivity index (χ1n) is 7.16. The van der Waals surface area contributed by atoms with E-state index in [0.717, 1.165) is 0 Å². The summed E-state index contributed by atoms with van der Waals surface area (Å²) in [5.74, 6) is 0. The summed E-state index contributed by atoms with van der Waals surface area (Å²) in [5.41, 5.74) is 1.54. The number of hydrogen-bond acceptors (Lipinski definition) is 0. The molecule has 0 spiro atoms. The van der Waals surface area contributed by atoms with Crippen LogP contribution in [-0.4, -0.2) is 5.43 Å². The fraction of sp³-hybridized carbons (Fsp3) is 0.500. The van der Waals surface area contributed by atoms with Gasteiger partial charge in [0.25, 0.3) is 0 Å². The van der Waals surface area contributed by atoms with Crippen molar-refractivity contribution in [1.82, 2.24) is 0 Å². The van der Waals surface area contributed by atoms with Gasteiger partial charge in [-0.25, -0.2) is 0 Å². The summed E-state index contributed by atoms with van der Waals surface area (Å²) in [4.78, 5) is 0. The Labute approximate surface area is 144 Å². The molecule has 0 amide bonds. The summed E-state index contributed by atoms with van der Waals surface area (Å²) in [6, 6.07) is 0. The minimum Gasteiger partial charge on any atom is -1.00 e. The molecule has 0 radical (unpaired) electrons. The van der Waals surface area contributed by atoms with E-state index < -0.39 is 20.4 Å². The van der Waals surface area contributed by atoms with Gasteiger partial charge >= 0.3 is 120 Å². The van der Waals surface area contributed by atoms with Crippen LogP contribution in [0.2, 0.25) is 13.1 Å². The van der Waals surface area contributed by atoms with Gasteiger partial charge in [-0.15, -0.1) is 0 Å². The summed E-state index contributed by atoms with van der Waals surface area (Å²) in [7, 11) is 0. The standard InChI is InChI=1S/C9H13.C5H5.C2H6Si.2ClH.Zr/c1-2-3-6-9-7-4-5-8-9;1-2-4-5-3-1;1-3-2;;;/h7-8H,2-4,6H2,1H3;1-3H,4H2;1-2H3;2*1H;/q;;;;;+2/p-2. The third kappa shape index (κ3) is 5.44. The Kier molecular flexibility index (Phi) is 10.7. The summed E-state index contributed by atoms with van der Waals surface area (Å²) >= 11 is -1.42. The molecule has 20 heavy (non-hydrogen) atoms. The number of allylic oxidation sites excluding steroid dienone is 8. The van der Waals surface area contributed by atoms with Crippen LogP contribution in [0.15, 0.2) is 42.5 Å². The zero-order valence-electron chi connectivity index (χ0n) is 12.7. The molecular weight excluding hydrogens is 382 g/mol. The van der Waals surface area contributed by atoms with Crippen molar-refractivity contribution in [2.45, 2.75) is 52.1 Å². The van der Waals surface area contributed by atoms with Gasteiger partial charge < -0.3 is 24.8 Å². The van der Waals surface area contributed by atoms with E-state index in [4.69, 9.17) is 0 Å². The van der Waals surface area contributed by atoms with E-state index in [9.17, 15) is 0 Å². The predicted octanol–water partition coefficient (Wildman–Crippen LogP) is -0.888. The van der Waals surface area contributed by atoms with Crippen molar-refractivity contribution < 1.29 is 45.2 Å². The van der Waals surface area contributed by atoms with E-state index in [1.807, 2.05) is 6.56 Å². The first-order valence-corrected chi connectivity index (χ1v) is 15.8. The maximum Gasteiger partial charge on any atom is -1.00 e. The van der Waals surface area contributed by atoms with Crippen molar-refractivity contribution in [2.24, 2.45) is 0 Å². The molecule has 4 heteroatoms. The largest absolute Gasteiger partial charge is 1.00 e. The third-order valence-electron chi connectivity index (χ3n) is 3.68. The predicted molar refractivity (Wildman–Crippen MR) is 79.6 cm³/mol. The van der Waals surface area contributed by atoms with Crippen LogP contribution in [0.1, 0.15) is 39.0 Å². The average molecular weight is 407 g/mol. The minimum atomic E-state index is -1.42. The minimum absolute atomic E-state index is 0. The fourth-order valence-electron chi connectivity index (χ4n) is 2.79. The third-order valence-corrected chi connectivity index (χ3v) is 20.8. The van der Waals surface area contributed by atoms with Crippen molar-refractivity contribution in [3.63, 3.8) is 0 Å². The summed E-state index contributed by atoms with van der Waals surface area (Å²) in [6.07, 6.45) is 18.7. The molecule has 0 saturated heterocycles. The van der Waals surface area contributed by atoms with Crippen molar-refractivity contribution >= 4 is 5.43 Å². The van der Waals surface area contributed by atoms with Gasteiger partial charge in [0.1, 0.15) is 0 Å². The zero-order chi connectivity index (χ0) is 13.0. The fourth-order valence-corrected chi connectivity index (χ4v) is 19.7. The van der Waals surface area contributed by atoms with Gasteiger partial charge in [0.15, 0.2) is 0 Å². The van der Waals surface area contributed by atoms with E-state index in [1.165, 1.54) is 32.1 Å². The van der Waals surface area contributed by atoms with Crippen LogP contribution in [0.5, 0.6) is 0 Å². The summed E-state index contributed by atoms with van der Waals surface area (Å²) in [6.45, 7) is 7.38. The topological polar surface area (TPSA) is 0 Å². The van der Waals surface area contributed by atoms with Gasteiger partial charge in [-0.1, -0.05) is 0 Å². The van der Waals surface area contributed by atoms with Crippen molar-refractivity contribution in [1.29, 1.82) is 0 Å². The molecule has 2 aliphatic carbocycles. The Bertz CT molecular complexity index is 481. The second kappa shape index (κ2) is 10.4. The molecule has 2 rings (SSSR count). The van der Waals surface area contributed by atoms with Crippen LogP contribution in [-0.2, 0) is 20.4 Å². The van der Waals surface area contributed by atoms with Gasteiger partial charge in [-0.05, 0) is 0 Å². The monoisotopic (exact) mass is 404 g/mol. The van der Waals surface area contributed by atoms with Crippen molar-refractivity contribution in [2.75, 3.05) is 0 Å². The Hall–Kier alpha value is 0.640. The molecule has 0 aromatic rings. The average Bonchev–Trinajstić information content (AvgIpc) is 2.98. The second-order valence-electron chi connectivity index (χ2n) is 5.46. The molecule has 0 N–H and O–H groups in total. The molecule has 0 bridgehead atoms. The molecule has 0 unspecified atom stereocenters. The van der Waals surface area contributed by atoms with E-state index in [1.54, 1.807) is 5.57 Å². The van der Waals surface area contributed by atoms with E-state index in [0.29, 0.717) is 0 Å². The Morgan fingerprint density at radius 3 is 2.45 bits per heavy atom. The smallest absolute Gasteiger partial charge is 1.00 e. The van der Waals surface area contributed by atoms with Crippen LogP contribution >= 0.6 is 0 Å². The van der Waals surface area contributed by atoms with Crippen LogP contribution in [0, 0.1) is 0 Å². The van der Waals surface area contributed by atoms with Gasteiger partial charge in [0, 0.05) is 0 Å². The van der Waals surface area contributed by atoms with Crippen molar-refractivity contribution in [3.05, 3.63) is 42.5 Å². The Morgan fingerprint density at radius 1 is 1.15 bits per heavy atom. The maximum atomic E-state index is 2.60. The normalized spacial score (nSPS) is 15.4. The molecule has 0 aliphatic heterocycles. The van der Waals surface area contributed by atoms with Crippen LogP contribution in [0.25, 0.3) is 0 Å². The molecule has 0 saturated carbocycles. The Balaban J connectivity index is 0.00000180. The van der Waals surface area contributed by atoms with Crippen LogP contribution in [0.3, 0.4) is 0 Å². The van der Waals surface area contributed by atoms with Gasteiger partial charge in [0.2, 0.25) is 0 Å². The van der Waals surface area contributed by atoms with E-state index in [2.05, 4.69) is 50.4 Å². The van der Waals surface area contributed by atoms with Gasteiger partial charge in [-0.2, -0.15) is 0 Å². The quantitative estimate of drug-likeness (QED) is 0.520. The van der Waals surface area contributed by atoms with E-state index in [-0.39, 0.29) is 30.2 Å².